The Balaban J connectivity index is 1.43. The molecule has 3 atom stereocenters. The number of carbonyl (C=O) groups is 1. The Morgan fingerprint density at radius 2 is 1.60 bits per heavy atom. The van der Waals surface area contributed by atoms with E-state index in [1.807, 2.05) is 78.9 Å². The lowest BCUT2D eigenvalue weighted by Crippen LogP contribution is -2.40. The zero-order valence-electron chi connectivity index (χ0n) is 26.5. The van der Waals surface area contributed by atoms with Gasteiger partial charge in [-0.25, -0.2) is 4.98 Å². The van der Waals surface area contributed by atoms with E-state index in [-0.39, 0.29) is 35.5 Å². The number of ether oxygens (including phenoxy) is 4. The molecule has 0 aliphatic carbocycles. The van der Waals surface area contributed by atoms with Gasteiger partial charge in [0, 0.05) is 12.3 Å². The number of aliphatic hydroxyl groups is 1. The first-order chi connectivity index (χ1) is 22.8. The summed E-state index contributed by atoms with van der Waals surface area (Å²) in [5.74, 6) is 0.791. The number of methoxy groups -OCH3 is 2. The van der Waals surface area contributed by atoms with Crippen LogP contribution in [0, 0.1) is 5.92 Å². The number of aliphatic hydroxyl groups excluding tert-OH is 1. The molecule has 1 amide bonds. The maximum atomic E-state index is 12.9. The third-order valence-electron chi connectivity index (χ3n) is 8.37. The molecule has 244 valence electrons. The largest absolute Gasteiger partial charge is 0.497 e. The van der Waals surface area contributed by atoms with Gasteiger partial charge >= 0.3 is 0 Å². The summed E-state index contributed by atoms with van der Waals surface area (Å²) < 4.78 is 26.1. The molecule has 1 aliphatic heterocycles. The van der Waals surface area contributed by atoms with Gasteiger partial charge in [0.15, 0.2) is 11.2 Å². The zero-order chi connectivity index (χ0) is 33.1. The van der Waals surface area contributed by atoms with Gasteiger partial charge in [0.2, 0.25) is 11.9 Å². The second kappa shape index (κ2) is 13.4. The molecule has 0 spiro atoms. The monoisotopic (exact) mass is 639 g/mol. The lowest BCUT2D eigenvalue weighted by Gasteiger charge is -2.39. The number of hydrogen-bond donors (Lipinski definition) is 3. The number of anilines is 1. The van der Waals surface area contributed by atoms with Gasteiger partial charge in [0.05, 0.1) is 33.3 Å². The fourth-order valence-electron chi connectivity index (χ4n) is 5.87. The minimum absolute atomic E-state index is 0.00885. The predicted octanol–water partition coefficient (Wildman–Crippen LogP) is 4.39. The Hall–Kier alpha value is -5.04. The van der Waals surface area contributed by atoms with Crippen molar-refractivity contribution in [3.8, 4) is 11.5 Å². The first-order valence-corrected chi connectivity index (χ1v) is 15.3. The van der Waals surface area contributed by atoms with Crippen LogP contribution in [0.1, 0.15) is 43.2 Å². The van der Waals surface area contributed by atoms with Gasteiger partial charge < -0.3 is 24.1 Å². The number of H-pyrrole nitrogens is 1. The van der Waals surface area contributed by atoms with Crippen molar-refractivity contribution in [2.45, 2.75) is 44.3 Å². The minimum atomic E-state index is -1.14. The SMILES string of the molecule is COc1ccc(C(O[C@H]2C[C@@H](n3cnc4c(=O)[nH]c(NC(=O)C(C)C)nc43)O[C@@H]2CO)(c2ccccc2)c2ccc(OC)cc2)cc1. The second-order valence-corrected chi connectivity index (χ2v) is 11.6. The van der Waals surface area contributed by atoms with Crippen LogP contribution in [0.4, 0.5) is 5.95 Å². The van der Waals surface area contributed by atoms with Gasteiger partial charge in [0.1, 0.15) is 29.4 Å². The Morgan fingerprint density at radius 1 is 1.00 bits per heavy atom. The van der Waals surface area contributed by atoms with E-state index in [1.165, 1.54) is 6.33 Å². The molecular formula is C35H37N5O7. The molecule has 3 N–H and O–H groups in total. The maximum absolute atomic E-state index is 12.9. The van der Waals surface area contributed by atoms with Crippen LogP contribution < -0.4 is 20.3 Å². The first-order valence-electron chi connectivity index (χ1n) is 15.3. The number of benzene rings is 3. The Kier molecular flexibility index (Phi) is 9.08. The number of aromatic amines is 1. The van der Waals surface area contributed by atoms with Crippen LogP contribution in [0.3, 0.4) is 0 Å². The number of carbonyl (C=O) groups excluding carboxylic acids is 1. The van der Waals surface area contributed by atoms with E-state index in [0.717, 1.165) is 16.7 Å². The third kappa shape index (κ3) is 6.10. The highest BCUT2D eigenvalue weighted by atomic mass is 16.6. The Morgan fingerprint density at radius 3 is 2.15 bits per heavy atom. The number of hydrogen-bond acceptors (Lipinski definition) is 9. The first kappa shape index (κ1) is 31.9. The normalized spacial score (nSPS) is 18.0. The summed E-state index contributed by atoms with van der Waals surface area (Å²) in [6, 6.07) is 25.2. The van der Waals surface area contributed by atoms with E-state index in [4.69, 9.17) is 18.9 Å². The van der Waals surface area contributed by atoms with Gasteiger partial charge in [-0.2, -0.15) is 4.98 Å². The van der Waals surface area contributed by atoms with Gasteiger partial charge in [-0.1, -0.05) is 68.4 Å². The van der Waals surface area contributed by atoms with Crippen LogP contribution >= 0.6 is 0 Å². The Bertz CT molecular complexity index is 1840. The number of nitrogens with one attached hydrogen (secondary N) is 2. The minimum Gasteiger partial charge on any atom is -0.497 e. The molecule has 0 radical (unpaired) electrons. The highest BCUT2D eigenvalue weighted by molar-refractivity contribution is 5.91. The number of fused-ring (bicyclic) bond motifs is 1. The van der Waals surface area contributed by atoms with Crippen LogP contribution in [0.2, 0.25) is 0 Å². The van der Waals surface area contributed by atoms with E-state index < -0.39 is 29.6 Å². The smallest absolute Gasteiger partial charge is 0.280 e. The van der Waals surface area contributed by atoms with Crippen LogP contribution in [0.25, 0.3) is 11.2 Å². The van der Waals surface area contributed by atoms with Crippen molar-refractivity contribution in [3.63, 3.8) is 0 Å². The molecular weight excluding hydrogens is 602 g/mol. The summed E-state index contributed by atoms with van der Waals surface area (Å²) in [6.45, 7) is 3.16. The summed E-state index contributed by atoms with van der Waals surface area (Å²) in [4.78, 5) is 36.6. The van der Waals surface area contributed by atoms with Crippen molar-refractivity contribution in [1.29, 1.82) is 0 Å². The quantitative estimate of drug-likeness (QED) is 0.179. The van der Waals surface area contributed by atoms with Crippen molar-refractivity contribution in [2.24, 2.45) is 5.92 Å². The van der Waals surface area contributed by atoms with Crippen molar-refractivity contribution < 1.29 is 28.8 Å². The van der Waals surface area contributed by atoms with E-state index in [2.05, 4.69) is 20.3 Å². The average molecular weight is 640 g/mol. The molecule has 3 aromatic carbocycles. The molecule has 1 fully saturated rings. The summed E-state index contributed by atoms with van der Waals surface area (Å²) >= 11 is 0. The summed E-state index contributed by atoms with van der Waals surface area (Å²) in [5.41, 5.74) is 1.22. The molecule has 12 nitrogen and oxygen atoms in total. The topological polar surface area (TPSA) is 150 Å². The molecule has 0 unspecified atom stereocenters. The summed E-state index contributed by atoms with van der Waals surface area (Å²) in [7, 11) is 3.23. The number of imidazole rings is 1. The highest BCUT2D eigenvalue weighted by Gasteiger charge is 2.46. The predicted molar refractivity (Wildman–Crippen MR) is 174 cm³/mol. The molecule has 47 heavy (non-hydrogen) atoms. The lowest BCUT2D eigenvalue weighted by atomic mass is 9.79. The molecule has 3 heterocycles. The fraction of sp³-hybridized carbons (Fsp3) is 0.314. The van der Waals surface area contributed by atoms with Crippen molar-refractivity contribution in [2.75, 3.05) is 26.1 Å². The maximum Gasteiger partial charge on any atom is 0.280 e. The highest BCUT2D eigenvalue weighted by Crippen LogP contribution is 2.45. The van der Waals surface area contributed by atoms with Crippen LogP contribution in [-0.2, 0) is 19.9 Å². The van der Waals surface area contributed by atoms with Gasteiger partial charge in [-0.15, -0.1) is 0 Å². The average Bonchev–Trinajstić information content (AvgIpc) is 3.71. The van der Waals surface area contributed by atoms with E-state index in [1.54, 1.807) is 32.6 Å². The summed E-state index contributed by atoms with van der Waals surface area (Å²) in [5, 5.41) is 13.2. The standard InChI is InChI=1S/C35H37N5O7/c1-21(2)32(42)38-34-37-31-30(33(43)39-34)36-20-40(31)29-18-27(28(19-41)46-29)47-35(22-8-6-5-7-9-22,23-10-14-25(44-3)15-11-23)24-12-16-26(45-4)17-13-24/h5-17,20-21,27-29,41H,18-19H2,1-4H3,(H2,37,38,39,42,43)/t27-,28+,29-/m0/s1. The molecule has 1 saturated heterocycles. The van der Waals surface area contributed by atoms with E-state index in [9.17, 15) is 14.7 Å². The molecule has 2 aromatic heterocycles. The molecule has 0 saturated carbocycles. The molecule has 5 aromatic rings. The summed E-state index contributed by atoms with van der Waals surface area (Å²) in [6.07, 6.45) is -0.294. The molecule has 1 aliphatic rings. The van der Waals surface area contributed by atoms with Gasteiger partial charge in [-0.3, -0.25) is 24.5 Å². The van der Waals surface area contributed by atoms with Crippen molar-refractivity contribution in [3.05, 3.63) is 112 Å². The zero-order valence-corrected chi connectivity index (χ0v) is 26.5. The molecule has 6 rings (SSSR count). The number of aromatic nitrogens is 4. The Labute approximate surface area is 271 Å². The number of rotatable bonds is 11. The van der Waals surface area contributed by atoms with Crippen molar-refractivity contribution in [1.82, 2.24) is 19.5 Å². The van der Waals surface area contributed by atoms with Gasteiger partial charge in [-0.05, 0) is 41.0 Å². The van der Waals surface area contributed by atoms with Crippen molar-refractivity contribution >= 4 is 23.0 Å². The van der Waals surface area contributed by atoms with E-state index >= 15 is 0 Å². The fourth-order valence-corrected chi connectivity index (χ4v) is 5.87. The van der Waals surface area contributed by atoms with Crippen LogP contribution in [-0.4, -0.2) is 63.6 Å². The van der Waals surface area contributed by atoms with Crippen LogP contribution in [0.15, 0.2) is 90.0 Å². The van der Waals surface area contributed by atoms with Crippen LogP contribution in [0.5, 0.6) is 11.5 Å². The number of amides is 1. The van der Waals surface area contributed by atoms with Gasteiger partial charge in [0.25, 0.3) is 5.56 Å². The number of nitrogens with zero attached hydrogens (tertiary/aromatic N) is 3. The third-order valence-corrected chi connectivity index (χ3v) is 8.37. The molecule has 0 bridgehead atoms. The van der Waals surface area contributed by atoms with E-state index in [0.29, 0.717) is 17.9 Å². The lowest BCUT2D eigenvalue weighted by molar-refractivity contribution is -0.118. The second-order valence-electron chi connectivity index (χ2n) is 11.6. The molecule has 12 heteroatoms.